The number of esters is 1. The number of ketones is 1. The van der Waals surface area contributed by atoms with Crippen LogP contribution in [-0.2, 0) is 4.74 Å². The number of aryl methyl sites for hydroxylation is 2. The molecule has 0 bridgehead atoms. The van der Waals surface area contributed by atoms with Crippen molar-refractivity contribution < 1.29 is 19.1 Å². The fraction of sp³-hybridized carbons (Fsp3) is 0.263. The molecule has 0 aromatic heterocycles. The molecule has 0 N–H and O–H groups in total. The molecule has 0 aliphatic rings. The summed E-state index contributed by atoms with van der Waals surface area (Å²) in [5.74, 6) is -0.0897. The van der Waals surface area contributed by atoms with Crippen molar-refractivity contribution in [2.75, 3.05) is 7.11 Å². The van der Waals surface area contributed by atoms with E-state index >= 15 is 0 Å². The lowest BCUT2D eigenvalue weighted by atomic mass is 10.0. The molecule has 0 fully saturated rings. The minimum Gasteiger partial charge on any atom is -0.497 e. The summed E-state index contributed by atoms with van der Waals surface area (Å²) in [7, 11) is 1.55. The van der Waals surface area contributed by atoms with Gasteiger partial charge in [0.1, 0.15) is 5.75 Å². The first kappa shape index (κ1) is 16.7. The van der Waals surface area contributed by atoms with Crippen LogP contribution >= 0.6 is 0 Å². The number of ether oxygens (including phenoxy) is 2. The third-order valence-electron chi connectivity index (χ3n) is 3.77. The maximum absolute atomic E-state index is 12.4. The highest BCUT2D eigenvalue weighted by Crippen LogP contribution is 2.15. The number of hydrogen-bond acceptors (Lipinski definition) is 4. The summed E-state index contributed by atoms with van der Waals surface area (Å²) in [5.41, 5.74) is 3.07. The quantitative estimate of drug-likeness (QED) is 0.623. The fourth-order valence-corrected chi connectivity index (χ4v) is 2.14. The van der Waals surface area contributed by atoms with Gasteiger partial charge in [0.05, 0.1) is 12.7 Å². The molecule has 23 heavy (non-hydrogen) atoms. The smallest absolute Gasteiger partial charge is 0.338 e. The van der Waals surface area contributed by atoms with E-state index in [1.807, 2.05) is 26.0 Å². The van der Waals surface area contributed by atoms with Gasteiger partial charge in [0.25, 0.3) is 0 Å². The normalized spacial score (nSPS) is 11.7. The second-order valence-corrected chi connectivity index (χ2v) is 5.44. The summed E-state index contributed by atoms with van der Waals surface area (Å²) < 4.78 is 10.3. The van der Waals surface area contributed by atoms with Crippen LogP contribution in [0.25, 0.3) is 0 Å². The van der Waals surface area contributed by atoms with Gasteiger partial charge in [0.2, 0.25) is 5.78 Å². The van der Waals surface area contributed by atoms with Gasteiger partial charge >= 0.3 is 5.97 Å². The molecule has 0 saturated heterocycles. The zero-order valence-electron chi connectivity index (χ0n) is 13.8. The Kier molecular flexibility index (Phi) is 5.16. The number of Topliss-reactive ketones (excluding diaryl/α,β-unsaturated/α-hetero) is 1. The third kappa shape index (κ3) is 3.97. The first-order valence-corrected chi connectivity index (χ1v) is 7.39. The topological polar surface area (TPSA) is 52.6 Å². The Bertz CT molecular complexity index is 717. The van der Waals surface area contributed by atoms with E-state index in [-0.39, 0.29) is 5.78 Å². The zero-order chi connectivity index (χ0) is 17.0. The Hall–Kier alpha value is -2.62. The van der Waals surface area contributed by atoms with Crippen LogP contribution in [0.5, 0.6) is 5.75 Å². The van der Waals surface area contributed by atoms with E-state index in [0.29, 0.717) is 16.9 Å². The van der Waals surface area contributed by atoms with Gasteiger partial charge in [-0.2, -0.15) is 0 Å². The molecule has 1 unspecified atom stereocenters. The Morgan fingerprint density at radius 2 is 1.52 bits per heavy atom. The largest absolute Gasteiger partial charge is 0.497 e. The van der Waals surface area contributed by atoms with Gasteiger partial charge in [-0.15, -0.1) is 0 Å². The highest BCUT2D eigenvalue weighted by atomic mass is 16.5. The lowest BCUT2D eigenvalue weighted by molar-refractivity contribution is 0.0319. The fourth-order valence-electron chi connectivity index (χ4n) is 2.14. The van der Waals surface area contributed by atoms with Crippen LogP contribution in [0.1, 0.15) is 38.8 Å². The van der Waals surface area contributed by atoms with E-state index in [4.69, 9.17) is 9.47 Å². The average molecular weight is 312 g/mol. The van der Waals surface area contributed by atoms with Crippen molar-refractivity contribution in [3.05, 3.63) is 64.7 Å². The van der Waals surface area contributed by atoms with E-state index < -0.39 is 12.1 Å². The molecule has 2 rings (SSSR count). The molecule has 4 heteroatoms. The SMILES string of the molecule is COc1ccc(C(=O)OC(C)C(=O)c2ccc(C)c(C)c2)cc1. The maximum atomic E-state index is 12.4. The van der Waals surface area contributed by atoms with Gasteiger partial charge < -0.3 is 9.47 Å². The Morgan fingerprint density at radius 3 is 2.09 bits per heavy atom. The predicted octanol–water partition coefficient (Wildman–Crippen LogP) is 3.74. The Balaban J connectivity index is 2.07. The van der Waals surface area contributed by atoms with Crippen molar-refractivity contribution in [2.24, 2.45) is 0 Å². The van der Waals surface area contributed by atoms with E-state index in [2.05, 4.69) is 0 Å². The van der Waals surface area contributed by atoms with Gasteiger partial charge in [-0.3, -0.25) is 4.79 Å². The molecule has 0 heterocycles. The minimum atomic E-state index is -0.841. The summed E-state index contributed by atoms with van der Waals surface area (Å²) >= 11 is 0. The van der Waals surface area contributed by atoms with E-state index in [1.165, 1.54) is 0 Å². The standard InChI is InChI=1S/C19H20O4/c1-12-5-6-16(11-13(12)2)18(20)14(3)23-19(21)15-7-9-17(22-4)10-8-15/h5-11,14H,1-4H3. The summed E-state index contributed by atoms with van der Waals surface area (Å²) in [6.07, 6.45) is -0.841. The van der Waals surface area contributed by atoms with E-state index in [0.717, 1.165) is 11.1 Å². The first-order valence-electron chi connectivity index (χ1n) is 7.39. The number of methoxy groups -OCH3 is 1. The average Bonchev–Trinajstić information content (AvgIpc) is 2.56. The molecule has 2 aromatic carbocycles. The van der Waals surface area contributed by atoms with Crippen molar-refractivity contribution in [2.45, 2.75) is 26.9 Å². The van der Waals surface area contributed by atoms with Gasteiger partial charge in [0.15, 0.2) is 6.10 Å². The molecule has 2 aromatic rings. The Labute approximate surface area is 136 Å². The molecule has 0 spiro atoms. The van der Waals surface area contributed by atoms with Gasteiger partial charge in [-0.05, 0) is 62.2 Å². The van der Waals surface area contributed by atoms with Gasteiger partial charge in [-0.25, -0.2) is 4.79 Å². The summed E-state index contributed by atoms with van der Waals surface area (Å²) in [4.78, 5) is 24.5. The lowest BCUT2D eigenvalue weighted by Crippen LogP contribution is -2.24. The van der Waals surface area contributed by atoms with Crippen molar-refractivity contribution in [3.63, 3.8) is 0 Å². The molecule has 120 valence electrons. The monoisotopic (exact) mass is 312 g/mol. The van der Waals surface area contributed by atoms with Crippen LogP contribution in [0.4, 0.5) is 0 Å². The van der Waals surface area contributed by atoms with Crippen LogP contribution < -0.4 is 4.74 Å². The molecule has 0 aliphatic heterocycles. The van der Waals surface area contributed by atoms with Crippen LogP contribution in [0, 0.1) is 13.8 Å². The van der Waals surface area contributed by atoms with E-state index in [1.54, 1.807) is 44.4 Å². The minimum absolute atomic E-state index is 0.213. The molecule has 4 nitrogen and oxygen atoms in total. The van der Waals surface area contributed by atoms with Crippen molar-refractivity contribution >= 4 is 11.8 Å². The second kappa shape index (κ2) is 7.09. The van der Waals surface area contributed by atoms with E-state index in [9.17, 15) is 9.59 Å². The second-order valence-electron chi connectivity index (χ2n) is 5.44. The zero-order valence-corrected chi connectivity index (χ0v) is 13.8. The summed E-state index contributed by atoms with van der Waals surface area (Å²) in [6.45, 7) is 5.51. The summed E-state index contributed by atoms with van der Waals surface area (Å²) in [5, 5.41) is 0. The van der Waals surface area contributed by atoms with Gasteiger partial charge in [-0.1, -0.05) is 12.1 Å². The molecule has 0 amide bonds. The van der Waals surface area contributed by atoms with Crippen molar-refractivity contribution in [1.82, 2.24) is 0 Å². The van der Waals surface area contributed by atoms with Crippen LogP contribution in [0.15, 0.2) is 42.5 Å². The number of carbonyl (C=O) groups is 2. The van der Waals surface area contributed by atoms with Crippen molar-refractivity contribution in [3.8, 4) is 5.75 Å². The molecule has 0 aliphatic carbocycles. The number of hydrogen-bond donors (Lipinski definition) is 0. The molecule has 1 atom stereocenters. The third-order valence-corrected chi connectivity index (χ3v) is 3.77. The van der Waals surface area contributed by atoms with Crippen LogP contribution in [-0.4, -0.2) is 25.0 Å². The number of rotatable bonds is 5. The predicted molar refractivity (Wildman–Crippen MR) is 88.1 cm³/mol. The lowest BCUT2D eigenvalue weighted by Gasteiger charge is -2.13. The molecular formula is C19H20O4. The number of benzene rings is 2. The van der Waals surface area contributed by atoms with Crippen molar-refractivity contribution in [1.29, 1.82) is 0 Å². The number of carbonyl (C=O) groups excluding carboxylic acids is 2. The van der Waals surface area contributed by atoms with Crippen LogP contribution in [0.2, 0.25) is 0 Å². The molecule has 0 radical (unpaired) electrons. The maximum Gasteiger partial charge on any atom is 0.338 e. The first-order chi connectivity index (χ1) is 10.9. The molecule has 0 saturated carbocycles. The van der Waals surface area contributed by atoms with Gasteiger partial charge in [0, 0.05) is 5.56 Å². The highest BCUT2D eigenvalue weighted by molar-refractivity contribution is 6.01. The molecular weight excluding hydrogens is 292 g/mol. The highest BCUT2D eigenvalue weighted by Gasteiger charge is 2.20. The summed E-state index contributed by atoms with van der Waals surface area (Å²) in [6, 6.07) is 12.0. The Morgan fingerprint density at radius 1 is 0.913 bits per heavy atom. The van der Waals surface area contributed by atoms with Crippen LogP contribution in [0.3, 0.4) is 0 Å².